The van der Waals surface area contributed by atoms with Crippen LogP contribution in [0.3, 0.4) is 0 Å². The number of alkyl halides is 3. The molecule has 1 aliphatic rings. The molecule has 6 heteroatoms. The van der Waals surface area contributed by atoms with Crippen molar-refractivity contribution in [2.45, 2.75) is 25.4 Å². The van der Waals surface area contributed by atoms with Gasteiger partial charge in [-0.15, -0.1) is 0 Å². The third kappa shape index (κ3) is 5.32. The summed E-state index contributed by atoms with van der Waals surface area (Å²) in [6.45, 7) is 0.934. The van der Waals surface area contributed by atoms with Crippen LogP contribution >= 0.6 is 0 Å². The summed E-state index contributed by atoms with van der Waals surface area (Å²) in [5, 5.41) is 2.90. The van der Waals surface area contributed by atoms with Crippen LogP contribution in [0.5, 0.6) is 0 Å². The van der Waals surface area contributed by atoms with Crippen LogP contribution in [-0.2, 0) is 4.79 Å². The molecule has 1 amide bonds. The van der Waals surface area contributed by atoms with Crippen LogP contribution in [0.1, 0.15) is 19.3 Å². The van der Waals surface area contributed by atoms with Crippen molar-refractivity contribution in [3.63, 3.8) is 0 Å². The van der Waals surface area contributed by atoms with Gasteiger partial charge in [0.25, 0.3) is 0 Å². The van der Waals surface area contributed by atoms with Crippen molar-refractivity contribution in [1.29, 1.82) is 0 Å². The summed E-state index contributed by atoms with van der Waals surface area (Å²) in [7, 11) is 0. The number of benzene rings is 2. The minimum absolute atomic E-state index is 0.0165. The van der Waals surface area contributed by atoms with Gasteiger partial charge in [-0.2, -0.15) is 13.2 Å². The Morgan fingerprint density at radius 1 is 1.07 bits per heavy atom. The van der Waals surface area contributed by atoms with Gasteiger partial charge in [-0.05, 0) is 31.0 Å². The van der Waals surface area contributed by atoms with E-state index in [1.54, 1.807) is 4.90 Å². The first-order chi connectivity index (χ1) is 12.9. The normalized spacial score (nSPS) is 18.3. The Hall–Kier alpha value is -2.34. The maximum atomic E-state index is 12.9. The van der Waals surface area contributed by atoms with Crippen LogP contribution in [0, 0.1) is 5.92 Å². The van der Waals surface area contributed by atoms with Crippen LogP contribution in [0.15, 0.2) is 54.6 Å². The SMILES string of the molecule is O=C(CCN1CCC[C@@H](C(F)(F)F)C1)Nc1ccccc1-c1ccccc1. The zero-order chi connectivity index (χ0) is 19.3. The number of hydrogen-bond acceptors (Lipinski definition) is 2. The van der Waals surface area contributed by atoms with Crippen molar-refractivity contribution < 1.29 is 18.0 Å². The van der Waals surface area contributed by atoms with Crippen LogP contribution in [-0.4, -0.2) is 36.6 Å². The van der Waals surface area contributed by atoms with Crippen molar-refractivity contribution in [1.82, 2.24) is 4.90 Å². The van der Waals surface area contributed by atoms with Gasteiger partial charge in [-0.25, -0.2) is 0 Å². The summed E-state index contributed by atoms with van der Waals surface area (Å²) in [6, 6.07) is 17.3. The highest BCUT2D eigenvalue weighted by molar-refractivity contribution is 5.95. The molecule has 144 valence electrons. The Balaban J connectivity index is 1.58. The minimum atomic E-state index is -4.16. The average Bonchev–Trinajstić information content (AvgIpc) is 2.67. The molecule has 0 saturated carbocycles. The minimum Gasteiger partial charge on any atom is -0.325 e. The van der Waals surface area contributed by atoms with Gasteiger partial charge in [0.2, 0.25) is 5.91 Å². The molecule has 1 atom stereocenters. The molecule has 1 N–H and O–H groups in total. The van der Waals surface area contributed by atoms with E-state index < -0.39 is 12.1 Å². The molecule has 27 heavy (non-hydrogen) atoms. The van der Waals surface area contributed by atoms with Gasteiger partial charge in [0.05, 0.1) is 5.92 Å². The topological polar surface area (TPSA) is 32.3 Å². The number of carbonyl (C=O) groups excluding carboxylic acids is 1. The van der Waals surface area contributed by atoms with Crippen LogP contribution in [0.2, 0.25) is 0 Å². The van der Waals surface area contributed by atoms with Crippen molar-refractivity contribution in [3.05, 3.63) is 54.6 Å². The highest BCUT2D eigenvalue weighted by Crippen LogP contribution is 2.33. The van der Waals surface area contributed by atoms with Crippen molar-refractivity contribution in [2.24, 2.45) is 5.92 Å². The first-order valence-electron chi connectivity index (χ1n) is 9.17. The molecule has 0 aliphatic carbocycles. The number of amides is 1. The number of piperidine rings is 1. The summed E-state index contributed by atoms with van der Waals surface area (Å²) in [6.07, 6.45) is -3.29. The van der Waals surface area contributed by atoms with E-state index in [9.17, 15) is 18.0 Å². The lowest BCUT2D eigenvalue weighted by molar-refractivity contribution is -0.186. The average molecular weight is 376 g/mol. The Bertz CT molecular complexity index is 762. The van der Waals surface area contributed by atoms with Crippen molar-refractivity contribution >= 4 is 11.6 Å². The van der Waals surface area contributed by atoms with E-state index in [1.807, 2.05) is 54.6 Å². The maximum absolute atomic E-state index is 12.9. The number of nitrogens with one attached hydrogen (secondary N) is 1. The predicted molar refractivity (Wildman–Crippen MR) is 100 cm³/mol. The predicted octanol–water partition coefficient (Wildman–Crippen LogP) is 4.96. The van der Waals surface area contributed by atoms with Gasteiger partial charge in [0.1, 0.15) is 0 Å². The van der Waals surface area contributed by atoms with Gasteiger partial charge in [-0.3, -0.25) is 4.79 Å². The Morgan fingerprint density at radius 2 is 1.78 bits per heavy atom. The molecule has 0 bridgehead atoms. The summed E-state index contributed by atoms with van der Waals surface area (Å²) >= 11 is 0. The molecule has 1 saturated heterocycles. The highest BCUT2D eigenvalue weighted by Gasteiger charge is 2.41. The van der Waals surface area contributed by atoms with E-state index in [0.29, 0.717) is 25.2 Å². The lowest BCUT2D eigenvalue weighted by Crippen LogP contribution is -2.42. The van der Waals surface area contributed by atoms with Gasteiger partial charge in [0.15, 0.2) is 0 Å². The monoisotopic (exact) mass is 376 g/mol. The van der Waals surface area contributed by atoms with Crippen LogP contribution in [0.25, 0.3) is 11.1 Å². The largest absolute Gasteiger partial charge is 0.393 e. The maximum Gasteiger partial charge on any atom is 0.393 e. The molecule has 2 aromatic rings. The summed E-state index contributed by atoms with van der Waals surface area (Å²) in [5.41, 5.74) is 2.62. The Morgan fingerprint density at radius 3 is 2.52 bits per heavy atom. The highest BCUT2D eigenvalue weighted by atomic mass is 19.4. The first-order valence-corrected chi connectivity index (χ1v) is 9.17. The number of halogens is 3. The fraction of sp³-hybridized carbons (Fsp3) is 0.381. The second-order valence-corrected chi connectivity index (χ2v) is 6.89. The lowest BCUT2D eigenvalue weighted by atomic mass is 9.97. The number of para-hydroxylation sites is 1. The quantitative estimate of drug-likeness (QED) is 0.800. The third-order valence-corrected chi connectivity index (χ3v) is 4.91. The van der Waals surface area contributed by atoms with Crippen molar-refractivity contribution in [3.8, 4) is 11.1 Å². The van der Waals surface area contributed by atoms with E-state index >= 15 is 0 Å². The van der Waals surface area contributed by atoms with Crippen LogP contribution < -0.4 is 5.32 Å². The van der Waals surface area contributed by atoms with Gasteiger partial charge in [-0.1, -0.05) is 48.5 Å². The number of carbonyl (C=O) groups is 1. The molecule has 1 fully saturated rings. The summed E-state index contributed by atoms with van der Waals surface area (Å²) in [5.74, 6) is -1.47. The number of hydrogen-bond donors (Lipinski definition) is 1. The van der Waals surface area contributed by atoms with E-state index in [4.69, 9.17) is 0 Å². The van der Waals surface area contributed by atoms with Gasteiger partial charge >= 0.3 is 6.18 Å². The standard InChI is InChI=1S/C21H23F3N2O/c22-21(23,24)17-9-6-13-26(15-17)14-12-20(27)25-19-11-5-4-10-18(19)16-7-2-1-3-8-16/h1-5,7-8,10-11,17H,6,9,12-15H2,(H,25,27)/t17-/m1/s1. The molecular weight excluding hydrogens is 353 g/mol. The molecule has 3 nitrogen and oxygen atoms in total. The number of nitrogens with zero attached hydrogens (tertiary/aromatic N) is 1. The molecular formula is C21H23F3N2O. The summed E-state index contributed by atoms with van der Waals surface area (Å²) in [4.78, 5) is 14.1. The van der Waals surface area contributed by atoms with E-state index in [2.05, 4.69) is 5.32 Å². The van der Waals surface area contributed by atoms with E-state index in [-0.39, 0.29) is 25.3 Å². The molecule has 1 heterocycles. The molecule has 3 rings (SSSR count). The smallest absolute Gasteiger partial charge is 0.325 e. The molecule has 1 aliphatic heterocycles. The van der Waals surface area contributed by atoms with E-state index in [0.717, 1.165) is 11.1 Å². The number of likely N-dealkylation sites (tertiary alicyclic amines) is 1. The third-order valence-electron chi connectivity index (χ3n) is 4.91. The zero-order valence-electron chi connectivity index (χ0n) is 15.0. The lowest BCUT2D eigenvalue weighted by Gasteiger charge is -2.33. The first kappa shape index (κ1) is 19.4. The Labute approximate surface area is 157 Å². The molecule has 0 aromatic heterocycles. The van der Waals surface area contributed by atoms with Gasteiger partial charge in [0, 0.05) is 30.8 Å². The molecule has 0 radical (unpaired) electrons. The molecule has 2 aromatic carbocycles. The number of anilines is 1. The zero-order valence-corrected chi connectivity index (χ0v) is 15.0. The summed E-state index contributed by atoms with van der Waals surface area (Å²) < 4.78 is 38.7. The fourth-order valence-corrected chi connectivity index (χ4v) is 3.46. The van der Waals surface area contributed by atoms with Gasteiger partial charge < -0.3 is 10.2 Å². The number of rotatable bonds is 5. The van der Waals surface area contributed by atoms with Crippen molar-refractivity contribution in [2.75, 3.05) is 25.0 Å². The molecule has 0 unspecified atom stereocenters. The molecule has 0 spiro atoms. The fourth-order valence-electron chi connectivity index (χ4n) is 3.46. The van der Waals surface area contributed by atoms with Crippen LogP contribution in [0.4, 0.5) is 18.9 Å². The van der Waals surface area contributed by atoms with E-state index in [1.165, 1.54) is 0 Å². The second kappa shape index (κ2) is 8.57. The Kier molecular flexibility index (Phi) is 6.16. The second-order valence-electron chi connectivity index (χ2n) is 6.89.